The first-order valence-electron chi connectivity index (χ1n) is 8.46. The van der Waals surface area contributed by atoms with Crippen LogP contribution in [0, 0.1) is 0 Å². The molecule has 1 aromatic carbocycles. The number of carbonyl (C=O) groups excluding carboxylic acids is 1. The van der Waals surface area contributed by atoms with Crippen LogP contribution < -0.4 is 5.32 Å². The number of carbonyl (C=O) groups is 1. The molecule has 27 heavy (non-hydrogen) atoms. The molecule has 4 rings (SSSR count). The van der Waals surface area contributed by atoms with Crippen molar-refractivity contribution in [2.24, 2.45) is 7.05 Å². The summed E-state index contributed by atoms with van der Waals surface area (Å²) in [5, 5.41) is 9.50. The predicted octanol–water partition coefficient (Wildman–Crippen LogP) is 4.23. The lowest BCUT2D eigenvalue weighted by Crippen LogP contribution is -2.12. The third kappa shape index (κ3) is 3.48. The molecule has 0 unspecified atom stereocenters. The van der Waals surface area contributed by atoms with Crippen molar-refractivity contribution in [3.05, 3.63) is 47.6 Å². The topological polar surface area (TPSA) is 85.8 Å². The van der Waals surface area contributed by atoms with E-state index in [1.54, 1.807) is 28.4 Å². The molecule has 0 atom stereocenters. The van der Waals surface area contributed by atoms with E-state index in [2.05, 4.69) is 20.4 Å². The Morgan fingerprint density at radius 2 is 2.07 bits per heavy atom. The second-order valence-electron chi connectivity index (χ2n) is 7.35. The van der Waals surface area contributed by atoms with E-state index in [1.165, 1.54) is 11.3 Å². The average Bonchev–Trinajstić information content (AvgIpc) is 3.32. The minimum Gasteiger partial charge on any atom is -0.440 e. The zero-order valence-electron chi connectivity index (χ0n) is 15.5. The Labute approximate surface area is 160 Å². The molecule has 8 heteroatoms. The van der Waals surface area contributed by atoms with Crippen LogP contribution in [0.25, 0.3) is 21.7 Å². The zero-order valence-corrected chi connectivity index (χ0v) is 16.3. The van der Waals surface area contributed by atoms with Gasteiger partial charge >= 0.3 is 0 Å². The third-order valence-corrected chi connectivity index (χ3v) is 4.87. The van der Waals surface area contributed by atoms with Crippen LogP contribution in [-0.2, 0) is 12.5 Å². The van der Waals surface area contributed by atoms with Gasteiger partial charge in [-0.1, -0.05) is 20.8 Å². The fourth-order valence-corrected chi connectivity index (χ4v) is 3.34. The molecule has 0 bridgehead atoms. The fraction of sp³-hybridized carbons (Fsp3) is 0.263. The molecule has 0 aliphatic carbocycles. The summed E-state index contributed by atoms with van der Waals surface area (Å²) in [5.41, 5.74) is 3.15. The smallest absolute Gasteiger partial charge is 0.275 e. The second kappa shape index (κ2) is 6.31. The minimum atomic E-state index is -0.264. The van der Waals surface area contributed by atoms with Crippen molar-refractivity contribution in [3.63, 3.8) is 0 Å². The Morgan fingerprint density at radius 3 is 2.78 bits per heavy atom. The molecule has 0 fully saturated rings. The number of amides is 1. The highest BCUT2D eigenvalue weighted by molar-refractivity contribution is 7.13. The van der Waals surface area contributed by atoms with Crippen molar-refractivity contribution >= 4 is 34.0 Å². The van der Waals surface area contributed by atoms with Crippen LogP contribution in [0.1, 0.15) is 37.2 Å². The number of hydrogen-bond acceptors (Lipinski definition) is 6. The van der Waals surface area contributed by atoms with Gasteiger partial charge in [-0.05, 0) is 18.2 Å². The number of nitrogens with one attached hydrogen (secondary N) is 1. The highest BCUT2D eigenvalue weighted by Gasteiger charge is 2.21. The van der Waals surface area contributed by atoms with E-state index >= 15 is 0 Å². The Morgan fingerprint density at radius 1 is 1.26 bits per heavy atom. The van der Waals surface area contributed by atoms with Crippen LogP contribution in [0.15, 0.2) is 40.4 Å². The lowest BCUT2D eigenvalue weighted by atomic mass is 9.97. The summed E-state index contributed by atoms with van der Waals surface area (Å²) in [5.74, 6) is 0.405. The number of aromatic nitrogens is 4. The maximum absolute atomic E-state index is 12.5. The van der Waals surface area contributed by atoms with Gasteiger partial charge in [-0.2, -0.15) is 5.10 Å². The number of benzene rings is 1. The van der Waals surface area contributed by atoms with Gasteiger partial charge in [-0.15, -0.1) is 11.3 Å². The molecule has 0 saturated heterocycles. The van der Waals surface area contributed by atoms with E-state index in [-0.39, 0.29) is 11.3 Å². The number of fused-ring (bicyclic) bond motifs is 1. The molecule has 1 N–H and O–H groups in total. The van der Waals surface area contributed by atoms with E-state index in [4.69, 9.17) is 4.42 Å². The van der Waals surface area contributed by atoms with Gasteiger partial charge in [0.05, 0.1) is 6.20 Å². The molecule has 3 heterocycles. The highest BCUT2D eigenvalue weighted by Crippen LogP contribution is 2.28. The van der Waals surface area contributed by atoms with Crippen LogP contribution in [0.5, 0.6) is 0 Å². The number of rotatable bonds is 3. The maximum atomic E-state index is 12.5. The van der Waals surface area contributed by atoms with Crippen LogP contribution in [0.2, 0.25) is 0 Å². The van der Waals surface area contributed by atoms with Crippen molar-refractivity contribution in [1.82, 2.24) is 19.7 Å². The van der Waals surface area contributed by atoms with Crippen LogP contribution in [-0.4, -0.2) is 25.7 Å². The molecule has 0 spiro atoms. The molecule has 4 aromatic rings. The van der Waals surface area contributed by atoms with Crippen LogP contribution in [0.3, 0.4) is 0 Å². The molecule has 7 nitrogen and oxygen atoms in total. The van der Waals surface area contributed by atoms with Crippen LogP contribution in [0.4, 0.5) is 5.69 Å². The first-order valence-corrected chi connectivity index (χ1v) is 9.34. The van der Waals surface area contributed by atoms with Crippen molar-refractivity contribution < 1.29 is 9.21 Å². The Balaban J connectivity index is 1.55. The lowest BCUT2D eigenvalue weighted by Gasteiger charge is -2.11. The molecule has 3 aromatic heterocycles. The summed E-state index contributed by atoms with van der Waals surface area (Å²) >= 11 is 1.41. The van der Waals surface area contributed by atoms with Crippen molar-refractivity contribution in [2.45, 2.75) is 26.2 Å². The number of oxazole rings is 1. The highest BCUT2D eigenvalue weighted by atomic mass is 32.1. The van der Waals surface area contributed by atoms with E-state index in [1.807, 2.05) is 40.1 Å². The maximum Gasteiger partial charge on any atom is 0.275 e. The standard InChI is InChI=1S/C19H19N5O2S/c1-19(2,3)18-23-13-7-12(5-6-15(13)26-18)21-16(25)14-10-27-17(22-14)11-8-20-24(4)9-11/h5-10H,1-4H3,(H,21,25). The van der Waals surface area contributed by atoms with Gasteiger partial charge in [-0.3, -0.25) is 9.48 Å². The lowest BCUT2D eigenvalue weighted by molar-refractivity contribution is 0.102. The van der Waals surface area contributed by atoms with Gasteiger partial charge in [0, 0.05) is 35.3 Å². The Kier molecular flexibility index (Phi) is 4.07. The van der Waals surface area contributed by atoms with Gasteiger partial charge in [-0.25, -0.2) is 9.97 Å². The van der Waals surface area contributed by atoms with Crippen LogP contribution >= 0.6 is 11.3 Å². The Bertz CT molecular complexity index is 1130. The van der Waals surface area contributed by atoms with E-state index in [0.29, 0.717) is 28.4 Å². The van der Waals surface area contributed by atoms with E-state index < -0.39 is 0 Å². The summed E-state index contributed by atoms with van der Waals surface area (Å²) in [6, 6.07) is 5.42. The summed E-state index contributed by atoms with van der Waals surface area (Å²) < 4.78 is 7.49. The molecular formula is C19H19N5O2S. The van der Waals surface area contributed by atoms with Gasteiger partial charge < -0.3 is 9.73 Å². The molecule has 1 amide bonds. The average molecular weight is 381 g/mol. The quantitative estimate of drug-likeness (QED) is 0.574. The zero-order chi connectivity index (χ0) is 19.2. The molecule has 0 aliphatic rings. The van der Waals surface area contributed by atoms with Gasteiger partial charge in [0.15, 0.2) is 5.58 Å². The van der Waals surface area contributed by atoms with Gasteiger partial charge in [0.2, 0.25) is 5.89 Å². The van der Waals surface area contributed by atoms with Crippen molar-refractivity contribution in [2.75, 3.05) is 5.32 Å². The number of hydrogen-bond donors (Lipinski definition) is 1. The molecule has 138 valence electrons. The van der Waals surface area contributed by atoms with Crippen molar-refractivity contribution in [1.29, 1.82) is 0 Å². The first kappa shape index (κ1) is 17.4. The predicted molar refractivity (Wildman–Crippen MR) is 105 cm³/mol. The SMILES string of the molecule is Cn1cc(-c2nc(C(=O)Nc3ccc4oc(C(C)(C)C)nc4c3)cs2)cn1. The second-order valence-corrected chi connectivity index (χ2v) is 8.20. The largest absolute Gasteiger partial charge is 0.440 e. The van der Waals surface area contributed by atoms with Crippen molar-refractivity contribution in [3.8, 4) is 10.6 Å². The van der Waals surface area contributed by atoms with Gasteiger partial charge in [0.1, 0.15) is 16.2 Å². The van der Waals surface area contributed by atoms with Gasteiger partial charge in [0.25, 0.3) is 5.91 Å². The number of aryl methyl sites for hydroxylation is 1. The number of nitrogens with zero attached hydrogens (tertiary/aromatic N) is 4. The summed E-state index contributed by atoms with van der Waals surface area (Å²) in [4.78, 5) is 21.5. The first-order chi connectivity index (χ1) is 12.8. The minimum absolute atomic E-state index is 0.175. The van der Waals surface area contributed by atoms with E-state index in [9.17, 15) is 4.79 Å². The summed E-state index contributed by atoms with van der Waals surface area (Å²) in [6.45, 7) is 6.13. The normalized spacial score (nSPS) is 11.9. The Hall–Kier alpha value is -3.00. The summed E-state index contributed by atoms with van der Waals surface area (Å²) in [7, 11) is 1.84. The molecule has 0 radical (unpaired) electrons. The van der Waals surface area contributed by atoms with E-state index in [0.717, 1.165) is 10.6 Å². The summed E-state index contributed by atoms with van der Waals surface area (Å²) in [6.07, 6.45) is 3.59. The molecular weight excluding hydrogens is 362 g/mol. The molecule has 0 aliphatic heterocycles. The third-order valence-electron chi connectivity index (χ3n) is 3.98. The fourth-order valence-electron chi connectivity index (χ4n) is 2.56. The number of anilines is 1. The number of thiazole rings is 1. The molecule has 0 saturated carbocycles. The monoisotopic (exact) mass is 381 g/mol.